The molecule has 1 saturated carbocycles. The molecule has 0 aromatic heterocycles. The van der Waals surface area contributed by atoms with Crippen LogP contribution in [0.4, 0.5) is 0 Å². The molecule has 4 rings (SSSR count). The Morgan fingerprint density at radius 2 is 1.82 bits per heavy atom. The molecule has 1 heterocycles. The van der Waals surface area contributed by atoms with Gasteiger partial charge in [0.25, 0.3) is 10.1 Å². The second-order valence-electron chi connectivity index (χ2n) is 8.33. The third-order valence-electron chi connectivity index (χ3n) is 6.51. The maximum atomic E-state index is 12.7. The predicted molar refractivity (Wildman–Crippen MR) is 109 cm³/mol. The molecule has 1 saturated heterocycles. The van der Waals surface area contributed by atoms with Crippen LogP contribution in [0.5, 0.6) is 0 Å². The van der Waals surface area contributed by atoms with E-state index in [4.69, 9.17) is 20.5 Å². The number of halogens is 1. The van der Waals surface area contributed by atoms with Gasteiger partial charge in [-0.05, 0) is 61.9 Å². The summed E-state index contributed by atoms with van der Waals surface area (Å²) >= 11 is 6.00. The molecule has 2 fully saturated rings. The summed E-state index contributed by atoms with van der Waals surface area (Å²) in [6, 6.07) is 14.5. The summed E-state index contributed by atoms with van der Waals surface area (Å²) in [5.74, 6) is 0.209. The first-order valence-corrected chi connectivity index (χ1v) is 11.4. The van der Waals surface area contributed by atoms with Gasteiger partial charge in [-0.3, -0.25) is 4.18 Å². The molecule has 2 aromatic rings. The molecule has 0 N–H and O–H groups in total. The van der Waals surface area contributed by atoms with E-state index in [1.54, 1.807) is 24.3 Å². The fraction of sp³-hybridized carbons (Fsp3) is 0.455. The Labute approximate surface area is 171 Å². The lowest BCUT2D eigenvalue weighted by atomic mass is 9.68. The first-order valence-electron chi connectivity index (χ1n) is 9.59. The molecule has 6 heteroatoms. The highest BCUT2D eigenvalue weighted by molar-refractivity contribution is 7.86. The minimum Gasteiger partial charge on any atom is -0.371 e. The third kappa shape index (κ3) is 3.39. The molecule has 0 amide bonds. The summed E-state index contributed by atoms with van der Waals surface area (Å²) in [6.07, 6.45) is 2.83. The van der Waals surface area contributed by atoms with E-state index < -0.39 is 15.7 Å². The molecule has 1 aliphatic heterocycles. The first kappa shape index (κ1) is 19.9. The second kappa shape index (κ2) is 7.13. The van der Waals surface area contributed by atoms with Crippen molar-refractivity contribution in [2.45, 2.75) is 43.6 Å². The molecule has 0 bridgehead atoms. The molecule has 2 aliphatic rings. The molecule has 0 radical (unpaired) electrons. The van der Waals surface area contributed by atoms with Gasteiger partial charge in [-0.1, -0.05) is 48.4 Å². The Kier molecular flexibility index (Phi) is 5.07. The third-order valence-corrected chi connectivity index (χ3v) is 8.04. The number of fused-ring (bicyclic) bond motifs is 1. The molecule has 4 nitrogen and oxygen atoms in total. The molecular weight excluding hydrogens is 396 g/mol. The van der Waals surface area contributed by atoms with Crippen molar-refractivity contribution in [3.8, 4) is 0 Å². The van der Waals surface area contributed by atoms with Crippen LogP contribution >= 0.6 is 11.6 Å². The van der Waals surface area contributed by atoms with Crippen molar-refractivity contribution >= 4 is 21.7 Å². The lowest BCUT2D eigenvalue weighted by Gasteiger charge is -2.55. The Morgan fingerprint density at radius 1 is 1.14 bits per heavy atom. The van der Waals surface area contributed by atoms with E-state index in [1.165, 1.54) is 5.56 Å². The quantitative estimate of drug-likeness (QED) is 0.631. The van der Waals surface area contributed by atoms with Crippen molar-refractivity contribution < 1.29 is 17.3 Å². The lowest BCUT2D eigenvalue weighted by Crippen LogP contribution is -2.64. The van der Waals surface area contributed by atoms with Gasteiger partial charge in [0.15, 0.2) is 0 Å². The number of rotatable bonds is 6. The van der Waals surface area contributed by atoms with Crippen molar-refractivity contribution in [3.63, 3.8) is 0 Å². The second-order valence-corrected chi connectivity index (χ2v) is 10.4. The van der Waals surface area contributed by atoms with Gasteiger partial charge in [-0.25, -0.2) is 0 Å². The van der Waals surface area contributed by atoms with Gasteiger partial charge >= 0.3 is 0 Å². The van der Waals surface area contributed by atoms with Crippen LogP contribution in [0.15, 0.2) is 53.4 Å². The average Bonchev–Trinajstić information content (AvgIpc) is 2.84. The molecular formula is C22H25ClO4S. The van der Waals surface area contributed by atoms with Crippen molar-refractivity contribution in [3.05, 3.63) is 64.7 Å². The number of ether oxygens (including phenoxy) is 1. The van der Waals surface area contributed by atoms with Gasteiger partial charge < -0.3 is 4.74 Å². The van der Waals surface area contributed by atoms with E-state index in [0.29, 0.717) is 11.6 Å². The Balaban J connectivity index is 1.53. The van der Waals surface area contributed by atoms with Crippen LogP contribution < -0.4 is 0 Å². The SMILES string of the molecule is Cc1ccc(S(=O)(=O)OCC23OCC2(C)CCC3Cc2ccc(Cl)cc2)cc1. The summed E-state index contributed by atoms with van der Waals surface area (Å²) < 4.78 is 37.0. The van der Waals surface area contributed by atoms with Crippen LogP contribution in [0.2, 0.25) is 5.02 Å². The van der Waals surface area contributed by atoms with Gasteiger partial charge in [0.05, 0.1) is 18.1 Å². The van der Waals surface area contributed by atoms with E-state index >= 15 is 0 Å². The van der Waals surface area contributed by atoms with Gasteiger partial charge in [0, 0.05) is 10.4 Å². The monoisotopic (exact) mass is 420 g/mol. The molecule has 3 atom stereocenters. The summed E-state index contributed by atoms with van der Waals surface area (Å²) in [5.41, 5.74) is 1.57. The highest BCUT2D eigenvalue weighted by Gasteiger charge is 2.65. The fourth-order valence-corrected chi connectivity index (χ4v) is 5.63. The van der Waals surface area contributed by atoms with Crippen LogP contribution in [0.1, 0.15) is 30.9 Å². The number of aryl methyl sites for hydroxylation is 1. The number of benzene rings is 2. The largest absolute Gasteiger partial charge is 0.371 e. The summed E-state index contributed by atoms with van der Waals surface area (Å²) in [4.78, 5) is 0.183. The van der Waals surface area contributed by atoms with E-state index in [9.17, 15) is 8.42 Å². The molecule has 2 aromatic carbocycles. The van der Waals surface area contributed by atoms with E-state index in [-0.39, 0.29) is 22.8 Å². The topological polar surface area (TPSA) is 52.6 Å². The Morgan fingerprint density at radius 3 is 2.43 bits per heavy atom. The minimum atomic E-state index is -3.82. The van der Waals surface area contributed by atoms with Crippen molar-refractivity contribution in [2.24, 2.45) is 11.3 Å². The predicted octanol–water partition coefficient (Wildman–Crippen LogP) is 4.78. The Hall–Kier alpha value is -1.40. The summed E-state index contributed by atoms with van der Waals surface area (Å²) in [5, 5.41) is 0.710. The van der Waals surface area contributed by atoms with Crippen LogP contribution in [0.3, 0.4) is 0 Å². The van der Waals surface area contributed by atoms with Crippen LogP contribution in [0, 0.1) is 18.3 Å². The molecule has 0 spiro atoms. The standard InChI is InChI=1S/C22H25ClO4S/c1-16-3-9-20(10-4-16)28(24,25)27-15-22-18(11-12-21(22,2)14-26-22)13-17-5-7-19(23)8-6-17/h3-10,18H,11-15H2,1-2H3. The summed E-state index contributed by atoms with van der Waals surface area (Å²) in [6.45, 7) is 4.81. The van der Waals surface area contributed by atoms with Gasteiger partial charge in [0.1, 0.15) is 5.60 Å². The summed E-state index contributed by atoms with van der Waals surface area (Å²) in [7, 11) is -3.82. The normalized spacial score (nSPS) is 29.3. The van der Waals surface area contributed by atoms with Crippen LogP contribution in [-0.2, 0) is 25.5 Å². The van der Waals surface area contributed by atoms with Gasteiger partial charge in [-0.15, -0.1) is 0 Å². The smallest absolute Gasteiger partial charge is 0.297 e. The zero-order valence-electron chi connectivity index (χ0n) is 16.2. The van der Waals surface area contributed by atoms with E-state index in [1.807, 2.05) is 31.2 Å². The van der Waals surface area contributed by atoms with Crippen molar-refractivity contribution in [1.82, 2.24) is 0 Å². The van der Waals surface area contributed by atoms with Gasteiger partial charge in [-0.2, -0.15) is 8.42 Å². The molecule has 3 unspecified atom stereocenters. The maximum Gasteiger partial charge on any atom is 0.297 e. The van der Waals surface area contributed by atoms with Crippen LogP contribution in [0.25, 0.3) is 0 Å². The highest BCUT2D eigenvalue weighted by atomic mass is 35.5. The highest BCUT2D eigenvalue weighted by Crippen LogP contribution is 2.60. The zero-order valence-corrected chi connectivity index (χ0v) is 17.7. The van der Waals surface area contributed by atoms with E-state index in [2.05, 4.69) is 6.92 Å². The average molecular weight is 421 g/mol. The maximum absolute atomic E-state index is 12.7. The van der Waals surface area contributed by atoms with Gasteiger partial charge in [0.2, 0.25) is 0 Å². The van der Waals surface area contributed by atoms with E-state index in [0.717, 1.165) is 24.8 Å². The fourth-order valence-electron chi connectivity index (χ4n) is 4.57. The van der Waals surface area contributed by atoms with Crippen LogP contribution in [-0.4, -0.2) is 27.2 Å². The first-order chi connectivity index (χ1) is 13.2. The Bertz CT molecular complexity index is 955. The van der Waals surface area contributed by atoms with Crippen molar-refractivity contribution in [1.29, 1.82) is 0 Å². The minimum absolute atomic E-state index is 0.0487. The molecule has 1 aliphatic carbocycles. The number of hydrogen-bond acceptors (Lipinski definition) is 4. The van der Waals surface area contributed by atoms with Crippen molar-refractivity contribution in [2.75, 3.05) is 13.2 Å². The number of hydrogen-bond donors (Lipinski definition) is 0. The lowest BCUT2D eigenvalue weighted by molar-refractivity contribution is -0.271. The molecule has 150 valence electrons. The zero-order chi connectivity index (χ0) is 20.0. The molecule has 28 heavy (non-hydrogen) atoms.